The van der Waals surface area contributed by atoms with Gasteiger partial charge in [0.1, 0.15) is 0 Å². The lowest BCUT2D eigenvalue weighted by Crippen LogP contribution is -2.25. The summed E-state index contributed by atoms with van der Waals surface area (Å²) in [5.41, 5.74) is 1.26. The quantitative estimate of drug-likeness (QED) is 0.344. The molecule has 0 saturated heterocycles. The Balaban J connectivity index is 1.63. The number of carbonyl (C=O) groups excluding carboxylic acids is 4. The molecule has 0 bridgehead atoms. The molecule has 1 N–H and O–H groups in total. The van der Waals surface area contributed by atoms with E-state index in [0.717, 1.165) is 19.3 Å². The Morgan fingerprint density at radius 2 is 1.29 bits per heavy atom. The number of amides is 1. The molecule has 7 heteroatoms. The summed E-state index contributed by atoms with van der Waals surface area (Å²) in [6.45, 7) is 2.82. The SMILES string of the molecule is CCCCCCCCNC(=O)OC1=C(C2=C(OC=O)c3ccccc3C2=O)C(=O)c2ccccc21. The molecule has 0 saturated carbocycles. The maximum absolute atomic E-state index is 13.4. The predicted molar refractivity (Wildman–Crippen MR) is 130 cm³/mol. The van der Waals surface area contributed by atoms with Crippen LogP contribution in [0.15, 0.2) is 59.7 Å². The number of ketones is 2. The number of carbonyl (C=O) groups is 4. The molecule has 0 radical (unpaired) electrons. The monoisotopic (exact) mass is 473 g/mol. The molecule has 0 spiro atoms. The number of benzene rings is 2. The molecule has 180 valence electrons. The minimum atomic E-state index is -0.711. The van der Waals surface area contributed by atoms with Crippen molar-refractivity contribution in [1.82, 2.24) is 5.32 Å². The van der Waals surface area contributed by atoms with Crippen LogP contribution in [0, 0.1) is 0 Å². The number of rotatable bonds is 11. The second-order valence-electron chi connectivity index (χ2n) is 8.46. The van der Waals surface area contributed by atoms with Gasteiger partial charge in [0, 0.05) is 28.8 Å². The van der Waals surface area contributed by atoms with Gasteiger partial charge in [0.25, 0.3) is 6.47 Å². The Hall–Kier alpha value is -4.00. The molecule has 0 unspecified atom stereocenters. The van der Waals surface area contributed by atoms with Crippen molar-refractivity contribution < 1.29 is 28.7 Å². The van der Waals surface area contributed by atoms with Crippen molar-refractivity contribution in [2.24, 2.45) is 0 Å². The number of hydrogen-bond acceptors (Lipinski definition) is 6. The number of fused-ring (bicyclic) bond motifs is 2. The summed E-state index contributed by atoms with van der Waals surface area (Å²) in [7, 11) is 0. The highest BCUT2D eigenvalue weighted by Gasteiger charge is 2.42. The van der Waals surface area contributed by atoms with Crippen molar-refractivity contribution >= 4 is 35.7 Å². The van der Waals surface area contributed by atoms with Gasteiger partial charge in [0.05, 0.1) is 11.1 Å². The van der Waals surface area contributed by atoms with Gasteiger partial charge < -0.3 is 14.8 Å². The number of allylic oxidation sites excluding steroid dienone is 2. The number of nitrogens with one attached hydrogen (secondary N) is 1. The van der Waals surface area contributed by atoms with E-state index in [4.69, 9.17) is 9.47 Å². The maximum Gasteiger partial charge on any atom is 0.412 e. The summed E-state index contributed by atoms with van der Waals surface area (Å²) in [6.07, 6.45) is 5.76. The third kappa shape index (κ3) is 4.80. The van der Waals surface area contributed by atoms with Crippen molar-refractivity contribution in [3.63, 3.8) is 0 Å². The lowest BCUT2D eigenvalue weighted by Gasteiger charge is -2.11. The number of alkyl carbamates (subject to hydrolysis) is 1. The van der Waals surface area contributed by atoms with E-state index in [1.807, 2.05) is 0 Å². The van der Waals surface area contributed by atoms with E-state index >= 15 is 0 Å². The van der Waals surface area contributed by atoms with Crippen LogP contribution in [0.2, 0.25) is 0 Å². The van der Waals surface area contributed by atoms with Crippen LogP contribution < -0.4 is 5.32 Å². The molecule has 2 aliphatic rings. The van der Waals surface area contributed by atoms with Crippen molar-refractivity contribution in [3.05, 3.63) is 81.9 Å². The van der Waals surface area contributed by atoms with Gasteiger partial charge in [-0.05, 0) is 6.42 Å². The average Bonchev–Trinajstić information content (AvgIpc) is 3.29. The van der Waals surface area contributed by atoms with Crippen molar-refractivity contribution in [1.29, 1.82) is 0 Å². The first-order valence-electron chi connectivity index (χ1n) is 11.9. The Kier molecular flexibility index (Phi) is 7.55. The molecule has 0 aromatic heterocycles. The third-order valence-corrected chi connectivity index (χ3v) is 6.15. The molecule has 2 aliphatic carbocycles. The van der Waals surface area contributed by atoms with Crippen molar-refractivity contribution in [2.75, 3.05) is 6.54 Å². The van der Waals surface area contributed by atoms with E-state index in [-0.39, 0.29) is 29.1 Å². The first-order valence-corrected chi connectivity index (χ1v) is 11.9. The van der Waals surface area contributed by atoms with Gasteiger partial charge in [0.2, 0.25) is 0 Å². The molecule has 0 fully saturated rings. The molecule has 1 amide bonds. The Morgan fingerprint density at radius 1 is 0.771 bits per heavy atom. The minimum absolute atomic E-state index is 0.0193. The predicted octanol–water partition coefficient (Wildman–Crippen LogP) is 5.46. The molecule has 4 rings (SSSR count). The fraction of sp³-hybridized carbons (Fsp3) is 0.286. The number of ether oxygens (including phenoxy) is 2. The topological polar surface area (TPSA) is 98.8 Å². The number of unbranched alkanes of at least 4 members (excludes halogenated alkanes) is 5. The highest BCUT2D eigenvalue weighted by molar-refractivity contribution is 6.34. The van der Waals surface area contributed by atoms with Gasteiger partial charge in [-0.15, -0.1) is 0 Å². The molecule has 7 nitrogen and oxygen atoms in total. The zero-order valence-electron chi connectivity index (χ0n) is 19.6. The molecule has 0 heterocycles. The largest absolute Gasteiger partial charge is 0.427 e. The minimum Gasteiger partial charge on any atom is -0.427 e. The van der Waals surface area contributed by atoms with Crippen LogP contribution in [0.25, 0.3) is 11.5 Å². The molecule has 2 aromatic carbocycles. The van der Waals surface area contributed by atoms with Crippen LogP contribution in [0.4, 0.5) is 4.79 Å². The first kappa shape index (κ1) is 24.1. The highest BCUT2D eigenvalue weighted by Crippen LogP contribution is 2.44. The van der Waals surface area contributed by atoms with Crippen LogP contribution in [-0.2, 0) is 14.3 Å². The zero-order chi connectivity index (χ0) is 24.8. The first-order chi connectivity index (χ1) is 17.1. The Labute approximate surface area is 203 Å². The smallest absolute Gasteiger partial charge is 0.412 e. The van der Waals surface area contributed by atoms with Gasteiger partial charge in [-0.1, -0.05) is 87.6 Å². The highest BCUT2D eigenvalue weighted by atomic mass is 16.6. The molecule has 0 aliphatic heterocycles. The van der Waals surface area contributed by atoms with Gasteiger partial charge in [-0.2, -0.15) is 0 Å². The second kappa shape index (κ2) is 11.0. The van der Waals surface area contributed by atoms with Gasteiger partial charge in [-0.25, -0.2) is 4.79 Å². The Bertz CT molecular complexity index is 1240. The van der Waals surface area contributed by atoms with E-state index < -0.39 is 17.7 Å². The summed E-state index contributed by atoms with van der Waals surface area (Å²) in [4.78, 5) is 50.6. The van der Waals surface area contributed by atoms with Crippen LogP contribution in [0.5, 0.6) is 0 Å². The lowest BCUT2D eigenvalue weighted by atomic mass is 9.99. The van der Waals surface area contributed by atoms with Gasteiger partial charge in [0.15, 0.2) is 23.1 Å². The molecular weight excluding hydrogens is 446 g/mol. The summed E-state index contributed by atoms with van der Waals surface area (Å²) >= 11 is 0. The molecular formula is C28H27NO6. The van der Waals surface area contributed by atoms with E-state index in [1.165, 1.54) is 19.3 Å². The molecule has 35 heavy (non-hydrogen) atoms. The average molecular weight is 474 g/mol. The van der Waals surface area contributed by atoms with Gasteiger partial charge >= 0.3 is 6.09 Å². The van der Waals surface area contributed by atoms with Crippen LogP contribution in [-0.4, -0.2) is 30.7 Å². The fourth-order valence-corrected chi connectivity index (χ4v) is 4.46. The van der Waals surface area contributed by atoms with E-state index in [2.05, 4.69) is 12.2 Å². The third-order valence-electron chi connectivity index (χ3n) is 6.15. The maximum atomic E-state index is 13.4. The van der Waals surface area contributed by atoms with Crippen LogP contribution in [0.3, 0.4) is 0 Å². The van der Waals surface area contributed by atoms with E-state index in [1.54, 1.807) is 48.5 Å². The van der Waals surface area contributed by atoms with E-state index in [9.17, 15) is 19.2 Å². The molecule has 0 atom stereocenters. The van der Waals surface area contributed by atoms with Crippen LogP contribution >= 0.6 is 0 Å². The van der Waals surface area contributed by atoms with E-state index in [0.29, 0.717) is 28.8 Å². The number of hydrogen-bond donors (Lipinski definition) is 1. The van der Waals surface area contributed by atoms with Gasteiger partial charge in [-0.3, -0.25) is 14.4 Å². The standard InChI is InChI=1S/C28H27NO6/c1-2-3-4-5-6-11-16-29-28(33)35-27-21-15-10-8-13-19(21)25(32)23(27)22-24(31)18-12-7-9-14-20(18)26(22)34-17-30/h7-10,12-15,17H,2-6,11,16H2,1H3,(H,29,33). The second-order valence-corrected chi connectivity index (χ2v) is 8.46. The van der Waals surface area contributed by atoms with Crippen molar-refractivity contribution in [3.8, 4) is 0 Å². The summed E-state index contributed by atoms with van der Waals surface area (Å²) < 4.78 is 10.8. The summed E-state index contributed by atoms with van der Waals surface area (Å²) in [6, 6.07) is 13.3. The lowest BCUT2D eigenvalue weighted by molar-refractivity contribution is -0.122. The fourth-order valence-electron chi connectivity index (χ4n) is 4.46. The number of Topliss-reactive ketones (excluding diaryl/α,β-unsaturated/α-hetero) is 2. The summed E-state index contributed by atoms with van der Waals surface area (Å²) in [5, 5.41) is 2.73. The normalized spacial score (nSPS) is 14.2. The summed E-state index contributed by atoms with van der Waals surface area (Å²) in [5.74, 6) is -0.982. The Morgan fingerprint density at radius 3 is 1.89 bits per heavy atom. The van der Waals surface area contributed by atoms with Crippen LogP contribution in [0.1, 0.15) is 77.3 Å². The zero-order valence-corrected chi connectivity index (χ0v) is 19.6. The molecule has 2 aromatic rings. The van der Waals surface area contributed by atoms with Crippen molar-refractivity contribution in [2.45, 2.75) is 45.4 Å².